The Morgan fingerprint density at radius 1 is 1.67 bits per heavy atom. The van der Waals surface area contributed by atoms with Gasteiger partial charge in [-0.05, 0) is 0 Å². The lowest BCUT2D eigenvalue weighted by atomic mass is 10.4. The lowest BCUT2D eigenvalue weighted by Gasteiger charge is -2.04. The van der Waals surface area contributed by atoms with Crippen LogP contribution in [-0.4, -0.2) is 29.2 Å². The number of anilines is 1. The highest BCUT2D eigenvalue weighted by molar-refractivity contribution is 5.69. The molecule has 6 heteroatoms. The predicted molar refractivity (Wildman–Crippen MR) is 54.6 cm³/mol. The van der Waals surface area contributed by atoms with Gasteiger partial charge in [0.2, 0.25) is 0 Å². The number of methoxy groups -OCH3 is 1. The van der Waals surface area contributed by atoms with Gasteiger partial charge in [-0.3, -0.25) is 9.59 Å². The quantitative estimate of drug-likeness (QED) is 0.695. The highest BCUT2D eigenvalue weighted by Gasteiger charge is 2.03. The number of hydrogen-bond donors (Lipinski definition) is 1. The van der Waals surface area contributed by atoms with E-state index in [0.29, 0.717) is 6.54 Å². The molecule has 0 aliphatic rings. The zero-order chi connectivity index (χ0) is 11.3. The molecule has 1 rings (SSSR count). The molecule has 1 heterocycles. The Morgan fingerprint density at radius 3 is 3.07 bits per heavy atom. The molecule has 0 bridgehead atoms. The van der Waals surface area contributed by atoms with E-state index in [-0.39, 0.29) is 23.8 Å². The summed E-state index contributed by atoms with van der Waals surface area (Å²) in [5, 5.41) is 2.77. The van der Waals surface area contributed by atoms with E-state index < -0.39 is 0 Å². The fourth-order valence-corrected chi connectivity index (χ4v) is 1.00. The second kappa shape index (κ2) is 5.14. The van der Waals surface area contributed by atoms with Crippen LogP contribution in [0.4, 0.5) is 5.82 Å². The molecule has 0 saturated heterocycles. The second-order valence-electron chi connectivity index (χ2n) is 2.94. The molecule has 0 saturated carbocycles. The number of carbonyl (C=O) groups excluding carboxylic acids is 1. The first-order valence-corrected chi connectivity index (χ1v) is 4.47. The minimum Gasteiger partial charge on any atom is -0.469 e. The summed E-state index contributed by atoms with van der Waals surface area (Å²) in [6.45, 7) is 0.332. The van der Waals surface area contributed by atoms with Gasteiger partial charge in [-0.15, -0.1) is 0 Å². The van der Waals surface area contributed by atoms with Crippen LogP contribution in [0, 0.1) is 0 Å². The Morgan fingerprint density at radius 2 is 2.40 bits per heavy atom. The van der Waals surface area contributed by atoms with Gasteiger partial charge in [0.15, 0.2) is 5.82 Å². The Balaban J connectivity index is 2.55. The van der Waals surface area contributed by atoms with Gasteiger partial charge in [0.25, 0.3) is 5.56 Å². The third kappa shape index (κ3) is 3.08. The number of ether oxygens (including phenoxy) is 1. The molecule has 15 heavy (non-hydrogen) atoms. The van der Waals surface area contributed by atoms with Gasteiger partial charge in [0.1, 0.15) is 0 Å². The van der Waals surface area contributed by atoms with Crippen LogP contribution in [0.5, 0.6) is 0 Å². The van der Waals surface area contributed by atoms with Gasteiger partial charge in [-0.25, -0.2) is 4.98 Å². The molecule has 0 unspecified atom stereocenters. The van der Waals surface area contributed by atoms with Crippen molar-refractivity contribution in [2.24, 2.45) is 7.05 Å². The molecule has 1 aromatic rings. The van der Waals surface area contributed by atoms with Gasteiger partial charge in [-0.1, -0.05) is 0 Å². The van der Waals surface area contributed by atoms with Crippen molar-refractivity contribution in [3.05, 3.63) is 22.7 Å². The minimum atomic E-state index is -0.324. The normalized spacial score (nSPS) is 9.73. The van der Waals surface area contributed by atoms with Gasteiger partial charge in [0.05, 0.1) is 13.5 Å². The summed E-state index contributed by atoms with van der Waals surface area (Å²) in [6, 6.07) is 0. The van der Waals surface area contributed by atoms with Crippen LogP contribution in [0.3, 0.4) is 0 Å². The van der Waals surface area contributed by atoms with E-state index in [4.69, 9.17) is 0 Å². The fourth-order valence-electron chi connectivity index (χ4n) is 1.00. The first-order valence-electron chi connectivity index (χ1n) is 4.47. The van der Waals surface area contributed by atoms with Gasteiger partial charge >= 0.3 is 5.97 Å². The molecule has 82 valence electrons. The van der Waals surface area contributed by atoms with Gasteiger partial charge < -0.3 is 14.6 Å². The molecular formula is C9H13N3O3. The molecule has 0 aliphatic carbocycles. The van der Waals surface area contributed by atoms with E-state index in [1.165, 1.54) is 17.9 Å². The number of aryl methyl sites for hydroxylation is 1. The number of esters is 1. The van der Waals surface area contributed by atoms with E-state index in [1.54, 1.807) is 13.2 Å². The topological polar surface area (TPSA) is 73.2 Å². The van der Waals surface area contributed by atoms with Crippen molar-refractivity contribution in [2.75, 3.05) is 19.0 Å². The van der Waals surface area contributed by atoms with E-state index in [2.05, 4.69) is 15.0 Å². The van der Waals surface area contributed by atoms with Crippen LogP contribution in [0.15, 0.2) is 17.2 Å². The number of aromatic nitrogens is 2. The minimum absolute atomic E-state index is 0.205. The van der Waals surface area contributed by atoms with Crippen molar-refractivity contribution in [1.29, 1.82) is 0 Å². The zero-order valence-corrected chi connectivity index (χ0v) is 8.69. The first kappa shape index (κ1) is 11.2. The van der Waals surface area contributed by atoms with E-state index in [0.717, 1.165) is 0 Å². The lowest BCUT2D eigenvalue weighted by molar-refractivity contribution is -0.140. The maximum atomic E-state index is 11.4. The molecule has 1 N–H and O–H groups in total. The van der Waals surface area contributed by atoms with Crippen LogP contribution in [0.25, 0.3) is 0 Å². The average molecular weight is 211 g/mol. The molecule has 6 nitrogen and oxygen atoms in total. The molecule has 0 atom stereocenters. The predicted octanol–water partition coefficient (Wildman–Crippen LogP) is -0.245. The summed E-state index contributed by atoms with van der Waals surface area (Å²) >= 11 is 0. The van der Waals surface area contributed by atoms with Crippen LogP contribution < -0.4 is 10.9 Å². The Labute approximate surface area is 86.9 Å². The standard InChI is InChI=1S/C9H13N3O3/c1-12-6-5-11-8(9(12)14)10-4-3-7(13)15-2/h5-6H,3-4H2,1-2H3,(H,10,11). The summed E-state index contributed by atoms with van der Waals surface area (Å²) < 4.78 is 5.87. The van der Waals surface area contributed by atoms with Crippen molar-refractivity contribution in [3.63, 3.8) is 0 Å². The molecule has 0 aromatic carbocycles. The maximum Gasteiger partial charge on any atom is 0.307 e. The molecule has 0 amide bonds. The van der Waals surface area contributed by atoms with Crippen molar-refractivity contribution in [1.82, 2.24) is 9.55 Å². The van der Waals surface area contributed by atoms with E-state index >= 15 is 0 Å². The highest BCUT2D eigenvalue weighted by Crippen LogP contribution is 1.92. The van der Waals surface area contributed by atoms with Crippen LogP contribution in [0.1, 0.15) is 6.42 Å². The lowest BCUT2D eigenvalue weighted by Crippen LogP contribution is -2.23. The Hall–Kier alpha value is -1.85. The smallest absolute Gasteiger partial charge is 0.307 e. The summed E-state index contributed by atoms with van der Waals surface area (Å²) in [7, 11) is 2.96. The molecular weight excluding hydrogens is 198 g/mol. The summed E-state index contributed by atoms with van der Waals surface area (Å²) in [4.78, 5) is 26.1. The highest BCUT2D eigenvalue weighted by atomic mass is 16.5. The zero-order valence-electron chi connectivity index (χ0n) is 8.69. The Bertz CT molecular complexity index is 400. The monoisotopic (exact) mass is 211 g/mol. The average Bonchev–Trinajstić information content (AvgIpc) is 2.24. The number of carbonyl (C=O) groups is 1. The molecule has 1 aromatic heterocycles. The van der Waals surface area contributed by atoms with Crippen molar-refractivity contribution >= 4 is 11.8 Å². The number of nitrogens with zero attached hydrogens (tertiary/aromatic N) is 2. The number of nitrogens with one attached hydrogen (secondary N) is 1. The van der Waals surface area contributed by atoms with Crippen LogP contribution in [0.2, 0.25) is 0 Å². The van der Waals surface area contributed by atoms with Crippen molar-refractivity contribution in [3.8, 4) is 0 Å². The molecule has 0 radical (unpaired) electrons. The molecule has 0 fully saturated rings. The van der Waals surface area contributed by atoms with Crippen LogP contribution >= 0.6 is 0 Å². The van der Waals surface area contributed by atoms with E-state index in [9.17, 15) is 9.59 Å². The second-order valence-corrected chi connectivity index (χ2v) is 2.94. The Kier molecular flexibility index (Phi) is 3.84. The summed E-state index contributed by atoms with van der Waals surface area (Å²) in [5.74, 6) is -0.0841. The van der Waals surface area contributed by atoms with Crippen molar-refractivity contribution in [2.45, 2.75) is 6.42 Å². The summed E-state index contributed by atoms with van der Waals surface area (Å²) in [6.07, 6.45) is 3.28. The SMILES string of the molecule is COC(=O)CCNc1nccn(C)c1=O. The first-order chi connectivity index (χ1) is 7.15. The third-order valence-electron chi connectivity index (χ3n) is 1.87. The van der Waals surface area contributed by atoms with Crippen LogP contribution in [-0.2, 0) is 16.6 Å². The summed E-state index contributed by atoms with van der Waals surface area (Å²) in [5.41, 5.74) is -0.220. The third-order valence-corrected chi connectivity index (χ3v) is 1.87. The van der Waals surface area contributed by atoms with Crippen molar-refractivity contribution < 1.29 is 9.53 Å². The maximum absolute atomic E-state index is 11.4. The molecule has 0 spiro atoms. The van der Waals surface area contributed by atoms with Gasteiger partial charge in [-0.2, -0.15) is 0 Å². The van der Waals surface area contributed by atoms with Gasteiger partial charge in [0, 0.05) is 26.0 Å². The number of rotatable bonds is 4. The largest absolute Gasteiger partial charge is 0.469 e. The fraction of sp³-hybridized carbons (Fsp3) is 0.444. The van der Waals surface area contributed by atoms with E-state index in [1.807, 2.05) is 0 Å². The number of hydrogen-bond acceptors (Lipinski definition) is 5. The molecule has 0 aliphatic heterocycles.